The maximum Gasteiger partial charge on any atom is 0.317 e. The molecule has 0 unspecified atom stereocenters. The largest absolute Gasteiger partial charge is 0.337 e. The molecule has 1 aliphatic carbocycles. The fraction of sp³-hybridized carbons (Fsp3) is 0.526. The van der Waals surface area contributed by atoms with E-state index in [-0.39, 0.29) is 6.03 Å². The lowest BCUT2D eigenvalue weighted by molar-refractivity contribution is 0.102. The fourth-order valence-electron chi connectivity index (χ4n) is 3.96. The van der Waals surface area contributed by atoms with Crippen molar-refractivity contribution >= 4 is 17.8 Å². The topological polar surface area (TPSA) is 77.1 Å². The van der Waals surface area contributed by atoms with Gasteiger partial charge >= 0.3 is 6.03 Å². The third-order valence-electron chi connectivity index (χ3n) is 5.45. The molecule has 4 rings (SSSR count). The van der Waals surface area contributed by atoms with E-state index < -0.39 is 0 Å². The standard InChI is InChI=1S/C19H26N6OS/c26-19(20-7-12-27-18-21-14-22-23-18)25-10-8-24(9-11-25)17-6-5-15-3-1-2-4-16(15)13-17/h1-4,14,17H,5-13H2,(H,20,26)(H,21,22,23)/t17-/m0/s1. The molecule has 0 bridgehead atoms. The molecule has 0 spiro atoms. The van der Waals surface area contributed by atoms with Gasteiger partial charge in [0.15, 0.2) is 5.16 Å². The molecule has 1 aromatic carbocycles. The van der Waals surface area contributed by atoms with Gasteiger partial charge in [0.25, 0.3) is 0 Å². The van der Waals surface area contributed by atoms with Gasteiger partial charge in [-0.2, -0.15) is 5.10 Å². The van der Waals surface area contributed by atoms with Crippen molar-refractivity contribution in [2.24, 2.45) is 0 Å². The van der Waals surface area contributed by atoms with Crippen molar-refractivity contribution in [3.05, 3.63) is 41.7 Å². The van der Waals surface area contributed by atoms with E-state index in [0.717, 1.165) is 43.5 Å². The van der Waals surface area contributed by atoms with Gasteiger partial charge in [0.2, 0.25) is 0 Å². The average Bonchev–Trinajstić information content (AvgIpc) is 3.24. The first-order valence-corrected chi connectivity index (χ1v) is 10.6. The number of rotatable bonds is 5. The van der Waals surface area contributed by atoms with E-state index in [2.05, 4.69) is 49.7 Å². The predicted octanol–water partition coefficient (Wildman–Crippen LogP) is 1.78. The normalized spacial score (nSPS) is 20.3. The Hall–Kier alpha value is -2.06. The number of fused-ring (bicyclic) bond motifs is 1. The number of aryl methyl sites for hydroxylation is 1. The summed E-state index contributed by atoms with van der Waals surface area (Å²) in [6.07, 6.45) is 5.03. The highest BCUT2D eigenvalue weighted by Crippen LogP contribution is 2.25. The molecule has 2 aliphatic rings. The average molecular weight is 387 g/mol. The van der Waals surface area contributed by atoms with Crippen LogP contribution >= 0.6 is 11.8 Å². The SMILES string of the molecule is O=C(NCCSc1ncn[nH]1)N1CCN([C@H]2CCc3ccccc3C2)CC1. The summed E-state index contributed by atoms with van der Waals surface area (Å²) < 4.78 is 0. The molecule has 1 aliphatic heterocycles. The van der Waals surface area contributed by atoms with Gasteiger partial charge in [0.05, 0.1) is 0 Å². The summed E-state index contributed by atoms with van der Waals surface area (Å²) in [6.45, 7) is 4.17. The second kappa shape index (κ2) is 8.75. The third-order valence-corrected chi connectivity index (χ3v) is 6.33. The zero-order valence-electron chi connectivity index (χ0n) is 15.4. The van der Waals surface area contributed by atoms with Crippen LogP contribution in [-0.2, 0) is 12.8 Å². The monoisotopic (exact) mass is 386 g/mol. The number of piperazine rings is 1. The molecular weight excluding hydrogens is 360 g/mol. The number of carbonyl (C=O) groups is 1. The number of nitrogens with one attached hydrogen (secondary N) is 2. The number of aromatic amines is 1. The molecule has 1 aromatic heterocycles. The first kappa shape index (κ1) is 18.3. The number of hydrogen-bond donors (Lipinski definition) is 2. The minimum Gasteiger partial charge on any atom is -0.337 e. The van der Waals surface area contributed by atoms with Gasteiger partial charge in [-0.05, 0) is 30.4 Å². The van der Waals surface area contributed by atoms with Crippen molar-refractivity contribution in [1.29, 1.82) is 0 Å². The second-order valence-electron chi connectivity index (χ2n) is 7.06. The Morgan fingerprint density at radius 2 is 2.04 bits per heavy atom. The highest BCUT2D eigenvalue weighted by molar-refractivity contribution is 7.99. The highest BCUT2D eigenvalue weighted by atomic mass is 32.2. The van der Waals surface area contributed by atoms with Crippen LogP contribution in [0.1, 0.15) is 17.5 Å². The number of aromatic nitrogens is 3. The molecule has 1 fully saturated rings. The van der Waals surface area contributed by atoms with Crippen LogP contribution < -0.4 is 5.32 Å². The van der Waals surface area contributed by atoms with Crippen LogP contribution in [0.4, 0.5) is 4.79 Å². The number of carbonyl (C=O) groups excluding carboxylic acids is 1. The van der Waals surface area contributed by atoms with Gasteiger partial charge in [-0.25, -0.2) is 9.78 Å². The molecule has 2 heterocycles. The molecular formula is C19H26N6OS. The van der Waals surface area contributed by atoms with Gasteiger partial charge in [0, 0.05) is 44.5 Å². The van der Waals surface area contributed by atoms with Crippen LogP contribution in [0.15, 0.2) is 35.7 Å². The van der Waals surface area contributed by atoms with Gasteiger partial charge in [-0.1, -0.05) is 36.0 Å². The van der Waals surface area contributed by atoms with E-state index >= 15 is 0 Å². The molecule has 2 N–H and O–H groups in total. The molecule has 2 aromatic rings. The first-order chi connectivity index (χ1) is 13.3. The number of amides is 2. The Kier molecular flexibility index (Phi) is 5.94. The van der Waals surface area contributed by atoms with Crippen LogP contribution in [0.3, 0.4) is 0 Å². The Balaban J connectivity index is 1.18. The zero-order chi connectivity index (χ0) is 18.5. The zero-order valence-corrected chi connectivity index (χ0v) is 16.2. The summed E-state index contributed by atoms with van der Waals surface area (Å²) in [7, 11) is 0. The quantitative estimate of drug-likeness (QED) is 0.605. The van der Waals surface area contributed by atoms with Crippen molar-refractivity contribution in [1.82, 2.24) is 30.3 Å². The van der Waals surface area contributed by atoms with Gasteiger partial charge in [-0.15, -0.1) is 0 Å². The molecule has 144 valence electrons. The Labute approximate surface area is 163 Å². The maximum atomic E-state index is 12.4. The van der Waals surface area contributed by atoms with Crippen LogP contribution in [0.2, 0.25) is 0 Å². The van der Waals surface area contributed by atoms with Crippen molar-refractivity contribution in [3.63, 3.8) is 0 Å². The van der Waals surface area contributed by atoms with Gasteiger partial charge < -0.3 is 10.2 Å². The number of thioether (sulfide) groups is 1. The van der Waals surface area contributed by atoms with E-state index in [1.807, 2.05) is 4.90 Å². The lowest BCUT2D eigenvalue weighted by Gasteiger charge is -2.41. The van der Waals surface area contributed by atoms with Crippen molar-refractivity contribution in [3.8, 4) is 0 Å². The molecule has 8 heteroatoms. The molecule has 7 nitrogen and oxygen atoms in total. The summed E-state index contributed by atoms with van der Waals surface area (Å²) in [5.74, 6) is 0.780. The number of hydrogen-bond acceptors (Lipinski definition) is 5. The Bertz CT molecular complexity index is 744. The minimum absolute atomic E-state index is 0.0433. The van der Waals surface area contributed by atoms with E-state index in [1.54, 1.807) is 11.8 Å². The van der Waals surface area contributed by atoms with Crippen molar-refractivity contribution < 1.29 is 4.79 Å². The molecule has 1 atom stereocenters. The van der Waals surface area contributed by atoms with Crippen LogP contribution in [0.25, 0.3) is 0 Å². The maximum absolute atomic E-state index is 12.4. The van der Waals surface area contributed by atoms with Crippen molar-refractivity contribution in [2.45, 2.75) is 30.5 Å². The van der Waals surface area contributed by atoms with E-state index in [1.165, 1.54) is 30.3 Å². The van der Waals surface area contributed by atoms with Crippen LogP contribution in [0, 0.1) is 0 Å². The Morgan fingerprint density at radius 3 is 2.81 bits per heavy atom. The molecule has 2 amide bonds. The van der Waals surface area contributed by atoms with Crippen LogP contribution in [-0.4, -0.2) is 75.5 Å². The van der Waals surface area contributed by atoms with Gasteiger partial charge in [0.1, 0.15) is 6.33 Å². The van der Waals surface area contributed by atoms with E-state index in [9.17, 15) is 4.79 Å². The van der Waals surface area contributed by atoms with E-state index in [0.29, 0.717) is 12.6 Å². The third kappa shape index (κ3) is 4.62. The molecule has 1 saturated heterocycles. The number of urea groups is 1. The summed E-state index contributed by atoms with van der Waals surface area (Å²) in [5.41, 5.74) is 3.01. The lowest BCUT2D eigenvalue weighted by Crippen LogP contribution is -2.55. The van der Waals surface area contributed by atoms with Crippen LogP contribution in [0.5, 0.6) is 0 Å². The first-order valence-electron chi connectivity index (χ1n) is 9.61. The minimum atomic E-state index is 0.0433. The van der Waals surface area contributed by atoms with E-state index in [4.69, 9.17) is 0 Å². The Morgan fingerprint density at radius 1 is 1.22 bits per heavy atom. The number of H-pyrrole nitrogens is 1. The second-order valence-corrected chi connectivity index (χ2v) is 8.14. The lowest BCUT2D eigenvalue weighted by atomic mass is 9.87. The number of nitrogens with zero attached hydrogens (tertiary/aromatic N) is 4. The summed E-state index contributed by atoms with van der Waals surface area (Å²) >= 11 is 1.56. The molecule has 0 saturated carbocycles. The highest BCUT2D eigenvalue weighted by Gasteiger charge is 2.28. The van der Waals surface area contributed by atoms with Gasteiger partial charge in [-0.3, -0.25) is 10.00 Å². The summed E-state index contributed by atoms with van der Waals surface area (Å²) in [4.78, 5) is 20.9. The summed E-state index contributed by atoms with van der Waals surface area (Å²) in [5, 5.41) is 10.4. The predicted molar refractivity (Wildman–Crippen MR) is 106 cm³/mol. The van der Waals surface area contributed by atoms with Crippen molar-refractivity contribution in [2.75, 3.05) is 38.5 Å². The molecule has 27 heavy (non-hydrogen) atoms. The smallest absolute Gasteiger partial charge is 0.317 e. The molecule has 0 radical (unpaired) electrons. The number of benzene rings is 1. The summed E-state index contributed by atoms with van der Waals surface area (Å²) in [6, 6.07) is 9.46. The fourth-order valence-corrected chi connectivity index (χ4v) is 4.60.